The van der Waals surface area contributed by atoms with Crippen molar-refractivity contribution >= 4 is 11.8 Å². The van der Waals surface area contributed by atoms with Gasteiger partial charge in [-0.05, 0) is 26.3 Å². The Hall–Kier alpha value is -2.10. The molecule has 1 aromatic rings. The lowest BCUT2D eigenvalue weighted by atomic mass is 9.95. The van der Waals surface area contributed by atoms with E-state index in [2.05, 4.69) is 20.2 Å². The molecule has 0 unspecified atom stereocenters. The van der Waals surface area contributed by atoms with Crippen molar-refractivity contribution in [1.29, 1.82) is 0 Å². The van der Waals surface area contributed by atoms with Gasteiger partial charge in [-0.1, -0.05) is 6.42 Å². The smallest absolute Gasteiger partial charge is 0.257 e. The Labute approximate surface area is 171 Å². The maximum Gasteiger partial charge on any atom is 0.257 e. The van der Waals surface area contributed by atoms with E-state index >= 15 is 0 Å². The minimum Gasteiger partial charge on any atom is -0.383 e. The van der Waals surface area contributed by atoms with Crippen LogP contribution in [0.15, 0.2) is 6.20 Å². The largest absolute Gasteiger partial charge is 0.383 e. The summed E-state index contributed by atoms with van der Waals surface area (Å²) in [6.07, 6.45) is 4.57. The zero-order valence-electron chi connectivity index (χ0n) is 17.4. The fourth-order valence-corrected chi connectivity index (χ4v) is 3.87. The van der Waals surface area contributed by atoms with Gasteiger partial charge in [-0.25, -0.2) is 9.97 Å². The minimum absolute atomic E-state index is 0.0409. The number of amides is 2. The first kappa shape index (κ1) is 21.6. The van der Waals surface area contributed by atoms with Gasteiger partial charge in [0.15, 0.2) is 0 Å². The topological polar surface area (TPSA) is 96.9 Å². The molecule has 160 valence electrons. The Morgan fingerprint density at radius 1 is 1.28 bits per heavy atom. The number of nitrogens with one attached hydrogen (secondary N) is 1. The van der Waals surface area contributed by atoms with Gasteiger partial charge in [0.1, 0.15) is 5.82 Å². The maximum absolute atomic E-state index is 13.2. The van der Waals surface area contributed by atoms with E-state index in [1.165, 1.54) is 0 Å². The van der Waals surface area contributed by atoms with E-state index in [0.29, 0.717) is 50.8 Å². The maximum atomic E-state index is 13.2. The molecule has 1 aromatic heterocycles. The lowest BCUT2D eigenvalue weighted by Crippen LogP contribution is -2.44. The minimum atomic E-state index is -0.0707. The van der Waals surface area contributed by atoms with Gasteiger partial charge in [0.25, 0.3) is 5.91 Å². The first-order valence-electron chi connectivity index (χ1n) is 10.3. The third kappa shape index (κ3) is 5.71. The Morgan fingerprint density at radius 2 is 2.07 bits per heavy atom. The summed E-state index contributed by atoms with van der Waals surface area (Å²) >= 11 is 0. The number of aryl methyl sites for hydroxylation is 1. The summed E-state index contributed by atoms with van der Waals surface area (Å²) < 4.78 is 10.4. The number of carbonyl (C=O) groups is 2. The van der Waals surface area contributed by atoms with Crippen molar-refractivity contribution in [1.82, 2.24) is 25.1 Å². The zero-order chi connectivity index (χ0) is 20.6. The molecule has 0 aliphatic carbocycles. The van der Waals surface area contributed by atoms with Crippen molar-refractivity contribution in [2.24, 2.45) is 0 Å². The van der Waals surface area contributed by atoms with Crippen LogP contribution >= 0.6 is 0 Å². The normalized spacial score (nSPS) is 20.5. The predicted octanol–water partition coefficient (Wildman–Crippen LogP) is 0.547. The lowest BCUT2D eigenvalue weighted by Gasteiger charge is -2.36. The number of carbonyl (C=O) groups excluding carboxylic acids is 2. The van der Waals surface area contributed by atoms with Crippen molar-refractivity contribution in [3.63, 3.8) is 0 Å². The molecule has 1 N–H and O–H groups in total. The second-order valence-electron chi connectivity index (χ2n) is 7.45. The van der Waals surface area contributed by atoms with E-state index in [4.69, 9.17) is 9.47 Å². The van der Waals surface area contributed by atoms with E-state index < -0.39 is 0 Å². The highest BCUT2D eigenvalue weighted by Gasteiger charge is 2.32. The number of piperidine rings is 1. The van der Waals surface area contributed by atoms with Gasteiger partial charge in [-0.15, -0.1) is 0 Å². The molecule has 0 spiro atoms. The standard InChI is InChI=1S/C20H31N5O4/c1-15-22-13-16(20(27)24-8-11-29-12-9-24)19(23-15)17-5-3-4-7-25(17)14-18(26)21-6-10-28-2/h13,17H,3-12,14H2,1-2H3,(H,21,26)/t17-/m0/s1. The number of rotatable bonds is 7. The summed E-state index contributed by atoms with van der Waals surface area (Å²) in [5.74, 6) is 0.535. The van der Waals surface area contributed by atoms with Crippen LogP contribution in [0.25, 0.3) is 0 Å². The number of likely N-dealkylation sites (tertiary alicyclic amines) is 1. The van der Waals surface area contributed by atoms with Gasteiger partial charge < -0.3 is 19.7 Å². The Balaban J connectivity index is 1.79. The third-order valence-electron chi connectivity index (χ3n) is 5.37. The molecule has 2 aliphatic rings. The van der Waals surface area contributed by atoms with Crippen molar-refractivity contribution in [2.75, 3.05) is 59.7 Å². The number of hydrogen-bond donors (Lipinski definition) is 1. The number of morpholine rings is 1. The van der Waals surface area contributed by atoms with Gasteiger partial charge in [-0.3, -0.25) is 14.5 Å². The number of hydrogen-bond acceptors (Lipinski definition) is 7. The molecule has 2 saturated heterocycles. The van der Waals surface area contributed by atoms with Crippen molar-refractivity contribution in [2.45, 2.75) is 32.2 Å². The average Bonchev–Trinajstić information content (AvgIpc) is 2.74. The van der Waals surface area contributed by atoms with Crippen molar-refractivity contribution < 1.29 is 19.1 Å². The van der Waals surface area contributed by atoms with Gasteiger partial charge in [0.2, 0.25) is 5.91 Å². The zero-order valence-corrected chi connectivity index (χ0v) is 17.4. The highest BCUT2D eigenvalue weighted by atomic mass is 16.5. The lowest BCUT2D eigenvalue weighted by molar-refractivity contribution is -0.123. The third-order valence-corrected chi connectivity index (χ3v) is 5.37. The quantitative estimate of drug-likeness (QED) is 0.662. The molecule has 29 heavy (non-hydrogen) atoms. The summed E-state index contributed by atoms with van der Waals surface area (Å²) in [4.78, 5) is 38.4. The Bertz CT molecular complexity index is 708. The Kier molecular flexibility index (Phi) is 7.91. The first-order chi connectivity index (χ1) is 14.1. The summed E-state index contributed by atoms with van der Waals surface area (Å²) in [7, 11) is 1.61. The van der Waals surface area contributed by atoms with Crippen LogP contribution in [-0.4, -0.2) is 91.2 Å². The summed E-state index contributed by atoms with van der Waals surface area (Å²) in [6.45, 7) is 6.12. The highest BCUT2D eigenvalue weighted by molar-refractivity contribution is 5.95. The number of aromatic nitrogens is 2. The van der Waals surface area contributed by atoms with Gasteiger partial charge in [0, 0.05) is 32.9 Å². The molecule has 2 fully saturated rings. The van der Waals surface area contributed by atoms with Crippen LogP contribution in [-0.2, 0) is 14.3 Å². The van der Waals surface area contributed by atoms with Crippen LogP contribution in [0.1, 0.15) is 47.2 Å². The second kappa shape index (κ2) is 10.6. The van der Waals surface area contributed by atoms with Crippen LogP contribution in [0.5, 0.6) is 0 Å². The molecule has 2 amide bonds. The molecular weight excluding hydrogens is 374 g/mol. The van der Waals surface area contributed by atoms with Crippen LogP contribution in [0, 0.1) is 6.92 Å². The van der Waals surface area contributed by atoms with Gasteiger partial charge in [0.05, 0.1) is 43.7 Å². The fraction of sp³-hybridized carbons (Fsp3) is 0.700. The van der Waals surface area contributed by atoms with E-state index in [1.54, 1.807) is 18.2 Å². The van der Waals surface area contributed by atoms with Crippen molar-refractivity contribution in [3.8, 4) is 0 Å². The predicted molar refractivity (Wildman–Crippen MR) is 107 cm³/mol. The van der Waals surface area contributed by atoms with Crippen LogP contribution in [0.4, 0.5) is 0 Å². The molecule has 0 bridgehead atoms. The molecule has 2 aliphatic heterocycles. The van der Waals surface area contributed by atoms with Crippen LogP contribution < -0.4 is 5.32 Å². The van der Waals surface area contributed by atoms with E-state index in [1.807, 2.05) is 6.92 Å². The summed E-state index contributed by atoms with van der Waals surface area (Å²) in [6, 6.07) is -0.0707. The van der Waals surface area contributed by atoms with Crippen LogP contribution in [0.2, 0.25) is 0 Å². The van der Waals surface area contributed by atoms with Gasteiger partial charge >= 0.3 is 0 Å². The van der Waals surface area contributed by atoms with Gasteiger partial charge in [-0.2, -0.15) is 0 Å². The SMILES string of the molecule is COCCNC(=O)CN1CCCC[C@H]1c1nc(C)ncc1C(=O)N1CCOCC1. The van der Waals surface area contributed by atoms with E-state index in [-0.39, 0.29) is 24.4 Å². The molecule has 3 heterocycles. The summed E-state index contributed by atoms with van der Waals surface area (Å²) in [5.41, 5.74) is 1.27. The van der Waals surface area contributed by atoms with E-state index in [0.717, 1.165) is 31.5 Å². The molecule has 1 atom stereocenters. The second-order valence-corrected chi connectivity index (χ2v) is 7.45. The molecule has 0 aromatic carbocycles. The molecule has 0 saturated carbocycles. The fourth-order valence-electron chi connectivity index (χ4n) is 3.87. The molecular formula is C20H31N5O4. The van der Waals surface area contributed by atoms with Crippen LogP contribution in [0.3, 0.4) is 0 Å². The first-order valence-corrected chi connectivity index (χ1v) is 10.3. The highest BCUT2D eigenvalue weighted by Crippen LogP contribution is 2.32. The monoisotopic (exact) mass is 405 g/mol. The Morgan fingerprint density at radius 3 is 2.83 bits per heavy atom. The van der Waals surface area contributed by atoms with E-state index in [9.17, 15) is 9.59 Å². The molecule has 3 rings (SSSR count). The number of methoxy groups -OCH3 is 1. The van der Waals surface area contributed by atoms with Crippen molar-refractivity contribution in [3.05, 3.63) is 23.3 Å². The summed E-state index contributed by atoms with van der Waals surface area (Å²) in [5, 5.41) is 2.88. The molecule has 0 radical (unpaired) electrons. The average molecular weight is 405 g/mol. The molecule has 9 heteroatoms. The number of nitrogens with zero attached hydrogens (tertiary/aromatic N) is 4. The number of ether oxygens (including phenoxy) is 2. The molecule has 9 nitrogen and oxygen atoms in total.